The van der Waals surface area contributed by atoms with Gasteiger partial charge >= 0.3 is 0 Å². The topological polar surface area (TPSA) is 80.4 Å². The molecule has 0 unspecified atom stereocenters. The molecule has 7 heteroatoms. The lowest BCUT2D eigenvalue weighted by Crippen LogP contribution is -1.99. The molecule has 0 bridgehead atoms. The predicted octanol–water partition coefficient (Wildman–Crippen LogP) is 3.38. The van der Waals surface area contributed by atoms with Crippen molar-refractivity contribution in [3.05, 3.63) is 50.5 Å². The summed E-state index contributed by atoms with van der Waals surface area (Å²) in [5.74, 6) is 0. The summed E-state index contributed by atoms with van der Waals surface area (Å²) in [6.07, 6.45) is 5.98. The summed E-state index contributed by atoms with van der Waals surface area (Å²) in [6.45, 7) is 0. The Morgan fingerprint density at radius 2 is 2.14 bits per heavy atom. The van der Waals surface area contributed by atoms with Crippen molar-refractivity contribution in [1.82, 2.24) is 4.98 Å². The van der Waals surface area contributed by atoms with Crippen LogP contribution >= 0.6 is 11.3 Å². The number of anilines is 1. The van der Waals surface area contributed by atoms with Gasteiger partial charge in [-0.3, -0.25) is 15.5 Å². The molecule has 2 aromatic rings. The SMILES string of the molecule is O=[N+]([O-])c1ccccc1C=NNc1nc2c(s1)CCCC2. The van der Waals surface area contributed by atoms with Crippen LogP contribution in [0.1, 0.15) is 29.0 Å². The van der Waals surface area contributed by atoms with Gasteiger partial charge < -0.3 is 0 Å². The van der Waals surface area contributed by atoms with Crippen LogP contribution in [0, 0.1) is 10.1 Å². The third-order valence-corrected chi connectivity index (χ3v) is 4.41. The molecule has 0 amide bonds. The smallest absolute Gasteiger partial charge is 0.258 e. The van der Waals surface area contributed by atoms with Gasteiger partial charge in [-0.15, -0.1) is 11.3 Å². The quantitative estimate of drug-likeness (QED) is 0.533. The van der Waals surface area contributed by atoms with Gasteiger partial charge in [0.15, 0.2) is 0 Å². The number of nitro benzene ring substituents is 1. The second kappa shape index (κ2) is 6.01. The fourth-order valence-corrected chi connectivity index (χ4v) is 3.32. The Labute approximate surface area is 125 Å². The lowest BCUT2D eigenvalue weighted by molar-refractivity contribution is -0.385. The Hall–Kier alpha value is -2.28. The van der Waals surface area contributed by atoms with E-state index >= 15 is 0 Å². The van der Waals surface area contributed by atoms with E-state index in [1.54, 1.807) is 29.5 Å². The Morgan fingerprint density at radius 1 is 1.33 bits per heavy atom. The van der Waals surface area contributed by atoms with Gasteiger partial charge in [0.2, 0.25) is 5.13 Å². The first-order valence-corrected chi connectivity index (χ1v) is 7.57. The number of hydrogen-bond acceptors (Lipinski definition) is 6. The number of para-hydroxylation sites is 1. The van der Waals surface area contributed by atoms with Crippen molar-refractivity contribution in [3.8, 4) is 0 Å². The highest BCUT2D eigenvalue weighted by molar-refractivity contribution is 7.15. The van der Waals surface area contributed by atoms with Gasteiger partial charge in [-0.25, -0.2) is 4.98 Å². The van der Waals surface area contributed by atoms with E-state index in [0.717, 1.165) is 23.7 Å². The third kappa shape index (κ3) is 3.08. The average molecular weight is 302 g/mol. The minimum Gasteiger partial charge on any atom is -0.258 e. The highest BCUT2D eigenvalue weighted by Crippen LogP contribution is 2.29. The minimum atomic E-state index is -0.413. The van der Waals surface area contributed by atoms with Crippen molar-refractivity contribution < 1.29 is 4.92 Å². The molecule has 3 rings (SSSR count). The largest absolute Gasteiger partial charge is 0.278 e. The number of aryl methyl sites for hydroxylation is 2. The van der Waals surface area contributed by atoms with Crippen LogP contribution in [0.15, 0.2) is 29.4 Å². The highest BCUT2D eigenvalue weighted by Gasteiger charge is 2.15. The molecule has 0 saturated heterocycles. The number of benzene rings is 1. The summed E-state index contributed by atoms with van der Waals surface area (Å²) in [6, 6.07) is 6.51. The third-order valence-electron chi connectivity index (χ3n) is 3.34. The Bertz CT molecular complexity index is 673. The lowest BCUT2D eigenvalue weighted by Gasteiger charge is -2.06. The molecule has 108 valence electrons. The number of hydrazone groups is 1. The van der Waals surface area contributed by atoms with Crippen LogP contribution < -0.4 is 5.43 Å². The summed E-state index contributed by atoms with van der Waals surface area (Å²) in [4.78, 5) is 16.3. The molecular formula is C14H14N4O2S. The molecule has 0 atom stereocenters. The zero-order valence-electron chi connectivity index (χ0n) is 11.3. The van der Waals surface area contributed by atoms with E-state index in [1.807, 2.05) is 0 Å². The van der Waals surface area contributed by atoms with E-state index in [2.05, 4.69) is 15.5 Å². The number of nitrogens with one attached hydrogen (secondary N) is 1. The van der Waals surface area contributed by atoms with E-state index < -0.39 is 4.92 Å². The van der Waals surface area contributed by atoms with Crippen LogP contribution in [-0.2, 0) is 12.8 Å². The van der Waals surface area contributed by atoms with E-state index in [4.69, 9.17) is 0 Å². The van der Waals surface area contributed by atoms with Gasteiger partial charge in [0.05, 0.1) is 22.4 Å². The summed E-state index contributed by atoms with van der Waals surface area (Å²) in [5, 5.41) is 15.7. The molecule has 0 saturated carbocycles. The molecule has 0 spiro atoms. The monoisotopic (exact) mass is 302 g/mol. The van der Waals surface area contributed by atoms with Crippen molar-refractivity contribution in [2.24, 2.45) is 5.10 Å². The maximum Gasteiger partial charge on any atom is 0.278 e. The lowest BCUT2D eigenvalue weighted by atomic mass is 10.0. The first-order chi connectivity index (χ1) is 10.2. The Kier molecular flexibility index (Phi) is 3.92. The molecule has 1 N–H and O–H groups in total. The molecule has 1 aromatic heterocycles. The molecule has 21 heavy (non-hydrogen) atoms. The highest BCUT2D eigenvalue weighted by atomic mass is 32.1. The first kappa shape index (κ1) is 13.7. The van der Waals surface area contributed by atoms with Crippen LogP contribution in [0.2, 0.25) is 0 Å². The fourth-order valence-electron chi connectivity index (χ4n) is 2.32. The Balaban J connectivity index is 1.73. The van der Waals surface area contributed by atoms with Gasteiger partial charge in [-0.1, -0.05) is 12.1 Å². The van der Waals surface area contributed by atoms with E-state index in [1.165, 1.54) is 30.0 Å². The average Bonchev–Trinajstić information content (AvgIpc) is 2.90. The first-order valence-electron chi connectivity index (χ1n) is 6.75. The second-order valence-corrected chi connectivity index (χ2v) is 5.87. The van der Waals surface area contributed by atoms with Crippen LogP contribution in [0.5, 0.6) is 0 Å². The normalized spacial score (nSPS) is 14.1. The molecule has 0 fully saturated rings. The van der Waals surface area contributed by atoms with Crippen LogP contribution in [0.3, 0.4) is 0 Å². The number of rotatable bonds is 4. The molecule has 1 heterocycles. The van der Waals surface area contributed by atoms with Crippen molar-refractivity contribution in [3.63, 3.8) is 0 Å². The molecule has 1 aliphatic carbocycles. The van der Waals surface area contributed by atoms with Crippen LogP contribution in [0.4, 0.5) is 10.8 Å². The number of nitro groups is 1. The number of hydrogen-bond donors (Lipinski definition) is 1. The molecule has 0 aliphatic heterocycles. The minimum absolute atomic E-state index is 0.0430. The van der Waals surface area contributed by atoms with Crippen LogP contribution in [-0.4, -0.2) is 16.1 Å². The molecule has 1 aromatic carbocycles. The van der Waals surface area contributed by atoms with E-state index in [-0.39, 0.29) is 5.69 Å². The number of thiazole rings is 1. The fraction of sp³-hybridized carbons (Fsp3) is 0.286. The number of aromatic nitrogens is 1. The van der Waals surface area contributed by atoms with Gasteiger partial charge in [0.25, 0.3) is 5.69 Å². The van der Waals surface area contributed by atoms with Gasteiger partial charge in [0.1, 0.15) is 0 Å². The molecule has 0 radical (unpaired) electrons. The number of fused-ring (bicyclic) bond motifs is 1. The maximum atomic E-state index is 10.9. The molecular weight excluding hydrogens is 288 g/mol. The zero-order chi connectivity index (χ0) is 14.7. The Morgan fingerprint density at radius 3 is 2.95 bits per heavy atom. The standard InChI is InChI=1S/C14H14N4O2S/c19-18(20)12-7-3-1-5-10(12)9-15-17-14-16-11-6-2-4-8-13(11)21-14/h1,3,5,7,9H,2,4,6,8H2,(H,16,17). The second-order valence-electron chi connectivity index (χ2n) is 4.78. The molecule has 6 nitrogen and oxygen atoms in total. The van der Waals surface area contributed by atoms with E-state index in [0.29, 0.717) is 5.56 Å². The predicted molar refractivity (Wildman–Crippen MR) is 83.1 cm³/mol. The van der Waals surface area contributed by atoms with Crippen molar-refractivity contribution in [1.29, 1.82) is 0 Å². The maximum absolute atomic E-state index is 10.9. The summed E-state index contributed by atoms with van der Waals surface area (Å²) >= 11 is 1.61. The summed E-state index contributed by atoms with van der Waals surface area (Å²) in [5.41, 5.74) is 4.54. The van der Waals surface area contributed by atoms with Gasteiger partial charge in [0, 0.05) is 10.9 Å². The van der Waals surface area contributed by atoms with Crippen molar-refractivity contribution in [2.45, 2.75) is 25.7 Å². The van der Waals surface area contributed by atoms with Crippen molar-refractivity contribution >= 4 is 28.4 Å². The number of nitrogens with zero attached hydrogens (tertiary/aromatic N) is 3. The summed E-state index contributed by atoms with van der Waals surface area (Å²) < 4.78 is 0. The molecule has 1 aliphatic rings. The summed E-state index contributed by atoms with van der Waals surface area (Å²) in [7, 11) is 0. The van der Waals surface area contributed by atoms with Gasteiger partial charge in [-0.05, 0) is 31.7 Å². The van der Waals surface area contributed by atoms with Crippen LogP contribution in [0.25, 0.3) is 0 Å². The van der Waals surface area contributed by atoms with E-state index in [9.17, 15) is 10.1 Å². The van der Waals surface area contributed by atoms with Crippen molar-refractivity contribution in [2.75, 3.05) is 5.43 Å². The van der Waals surface area contributed by atoms with Gasteiger partial charge in [-0.2, -0.15) is 5.10 Å². The zero-order valence-corrected chi connectivity index (χ0v) is 12.1.